The second-order valence-electron chi connectivity index (χ2n) is 12.5. The van der Waals surface area contributed by atoms with E-state index in [-0.39, 0.29) is 41.8 Å². The molecule has 224 valence electrons. The first-order valence-corrected chi connectivity index (χ1v) is 14.7. The van der Waals surface area contributed by atoms with Crippen molar-refractivity contribution in [3.8, 4) is 17.9 Å². The van der Waals surface area contributed by atoms with Crippen molar-refractivity contribution in [2.75, 3.05) is 18.0 Å². The van der Waals surface area contributed by atoms with Crippen LogP contribution in [-0.4, -0.2) is 66.3 Å². The van der Waals surface area contributed by atoms with Crippen molar-refractivity contribution in [1.82, 2.24) is 24.2 Å². The van der Waals surface area contributed by atoms with Gasteiger partial charge in [0, 0.05) is 31.2 Å². The van der Waals surface area contributed by atoms with Crippen LogP contribution in [0.5, 0.6) is 0 Å². The maximum atomic E-state index is 15.2. The molecule has 3 aliphatic rings. The zero-order valence-electron chi connectivity index (χ0n) is 24.5. The number of halogens is 1. The van der Waals surface area contributed by atoms with E-state index >= 15 is 4.39 Å². The number of amides is 2. The van der Waals surface area contributed by atoms with E-state index in [0.29, 0.717) is 23.5 Å². The molecule has 0 bridgehead atoms. The third kappa shape index (κ3) is 5.62. The molecule has 2 aliphatic carbocycles. The van der Waals surface area contributed by atoms with Gasteiger partial charge >= 0.3 is 12.2 Å². The third-order valence-electron chi connectivity index (χ3n) is 8.20. The molecule has 12 heteroatoms. The fourth-order valence-electron chi connectivity index (χ4n) is 6.01. The molecule has 3 fully saturated rings. The van der Waals surface area contributed by atoms with Crippen molar-refractivity contribution < 1.29 is 23.8 Å². The average molecular weight is 588 g/mol. The molecular weight excluding hydrogens is 553 g/mol. The summed E-state index contributed by atoms with van der Waals surface area (Å²) in [6.07, 6.45) is 5.88. The summed E-state index contributed by atoms with van der Waals surface area (Å²) in [5, 5.41) is 24.7. The quantitative estimate of drug-likeness (QED) is 0.394. The number of carbonyl (C=O) groups excluding carboxylic acids is 1. The van der Waals surface area contributed by atoms with Gasteiger partial charge in [0.1, 0.15) is 23.1 Å². The van der Waals surface area contributed by atoms with Gasteiger partial charge in [-0.15, -0.1) is 0 Å². The lowest BCUT2D eigenvalue weighted by molar-refractivity contribution is 0.0562. The second-order valence-corrected chi connectivity index (χ2v) is 12.5. The largest absolute Gasteiger partial charge is 0.465 e. The Balaban J connectivity index is 1.46. The molecule has 3 aromatic rings. The monoisotopic (exact) mass is 587 g/mol. The molecule has 0 unspecified atom stereocenters. The van der Waals surface area contributed by atoms with Gasteiger partial charge in [-0.05, 0) is 64.9 Å². The minimum Gasteiger partial charge on any atom is -0.465 e. The van der Waals surface area contributed by atoms with Gasteiger partial charge in [-0.1, -0.05) is 18.8 Å². The van der Waals surface area contributed by atoms with E-state index in [1.165, 1.54) is 15.9 Å². The first-order valence-electron chi connectivity index (χ1n) is 14.7. The Kier molecular flexibility index (Phi) is 7.25. The molecule has 0 spiro atoms. The summed E-state index contributed by atoms with van der Waals surface area (Å²) >= 11 is 0. The lowest BCUT2D eigenvalue weighted by atomic mass is 10.1. The fourth-order valence-corrected chi connectivity index (χ4v) is 6.01. The predicted molar refractivity (Wildman–Crippen MR) is 155 cm³/mol. The van der Waals surface area contributed by atoms with Crippen molar-refractivity contribution in [2.24, 2.45) is 0 Å². The topological polar surface area (TPSA) is 130 Å². The van der Waals surface area contributed by atoms with Crippen molar-refractivity contribution in [3.05, 3.63) is 41.1 Å². The zero-order chi connectivity index (χ0) is 30.5. The van der Waals surface area contributed by atoms with Crippen LogP contribution in [0.2, 0.25) is 0 Å². The maximum Gasteiger partial charge on any atom is 0.416 e. The summed E-state index contributed by atoms with van der Waals surface area (Å²) in [5.41, 5.74) is 0.820. The van der Waals surface area contributed by atoms with Crippen LogP contribution in [0.1, 0.15) is 94.6 Å². The molecule has 1 atom stereocenters. The molecule has 11 nitrogen and oxygen atoms in total. The number of hydrogen-bond acceptors (Lipinski definition) is 6. The molecule has 0 radical (unpaired) electrons. The number of imidazole rings is 1. The van der Waals surface area contributed by atoms with E-state index in [4.69, 9.17) is 4.74 Å². The SMILES string of the molecule is CC(C)(C)OC(=O)N(c1c(C#N)c(C#Cc2cc3ncn(C4CC4)c3cc2F)nn1[C@H]1CCN(C(=O)O)C1)C1CCCC1. The lowest BCUT2D eigenvalue weighted by Gasteiger charge is -2.32. The number of likely N-dealkylation sites (tertiary alicyclic amines) is 1. The van der Waals surface area contributed by atoms with Crippen LogP contribution in [0.15, 0.2) is 18.5 Å². The summed E-state index contributed by atoms with van der Waals surface area (Å²) in [4.78, 5) is 32.7. The number of carbonyl (C=O) groups is 2. The summed E-state index contributed by atoms with van der Waals surface area (Å²) in [7, 11) is 0. The fraction of sp³-hybridized carbons (Fsp3) is 0.516. The van der Waals surface area contributed by atoms with E-state index in [2.05, 4.69) is 28.0 Å². The minimum absolute atomic E-state index is 0.0681. The molecule has 1 saturated heterocycles. The van der Waals surface area contributed by atoms with Crippen LogP contribution in [0, 0.1) is 29.0 Å². The van der Waals surface area contributed by atoms with Gasteiger partial charge < -0.3 is 19.3 Å². The number of nitriles is 1. The number of rotatable bonds is 4. The van der Waals surface area contributed by atoms with Crippen LogP contribution in [0.25, 0.3) is 11.0 Å². The molecule has 1 N–H and O–H groups in total. The molecule has 3 heterocycles. The Labute approximate surface area is 248 Å². The van der Waals surface area contributed by atoms with Crippen LogP contribution >= 0.6 is 0 Å². The van der Waals surface area contributed by atoms with Crippen molar-refractivity contribution in [1.29, 1.82) is 5.26 Å². The smallest absolute Gasteiger partial charge is 0.416 e. The zero-order valence-corrected chi connectivity index (χ0v) is 24.5. The number of hydrogen-bond donors (Lipinski definition) is 1. The number of fused-ring (bicyclic) bond motifs is 1. The average Bonchev–Trinajstić information content (AvgIpc) is 3.35. The molecule has 2 aromatic heterocycles. The molecule has 2 saturated carbocycles. The summed E-state index contributed by atoms with van der Waals surface area (Å²) in [5.74, 6) is 5.47. The van der Waals surface area contributed by atoms with E-state index in [9.17, 15) is 20.0 Å². The van der Waals surface area contributed by atoms with Gasteiger partial charge in [-0.2, -0.15) is 10.4 Å². The molecule has 1 aromatic carbocycles. The highest BCUT2D eigenvalue weighted by Gasteiger charge is 2.39. The summed E-state index contributed by atoms with van der Waals surface area (Å²) in [6.45, 7) is 5.76. The molecule has 2 amide bonds. The highest BCUT2D eigenvalue weighted by atomic mass is 19.1. The minimum atomic E-state index is -1.05. The van der Waals surface area contributed by atoms with Crippen molar-refractivity contribution >= 4 is 29.0 Å². The van der Waals surface area contributed by atoms with Crippen molar-refractivity contribution in [3.63, 3.8) is 0 Å². The number of benzene rings is 1. The second kappa shape index (κ2) is 10.9. The number of ether oxygens (including phenoxy) is 1. The van der Waals surface area contributed by atoms with Gasteiger partial charge in [-0.25, -0.2) is 23.6 Å². The lowest BCUT2D eigenvalue weighted by Crippen LogP contribution is -2.44. The van der Waals surface area contributed by atoms with Crippen LogP contribution < -0.4 is 4.90 Å². The Morgan fingerprint density at radius 1 is 1.12 bits per heavy atom. The Hall–Kier alpha value is -4.58. The maximum absolute atomic E-state index is 15.2. The predicted octanol–water partition coefficient (Wildman–Crippen LogP) is 5.59. The van der Waals surface area contributed by atoms with Crippen LogP contribution in [0.3, 0.4) is 0 Å². The molecule has 1 aliphatic heterocycles. The summed E-state index contributed by atoms with van der Waals surface area (Å²) < 4.78 is 24.6. The van der Waals surface area contributed by atoms with Gasteiger partial charge in [0.25, 0.3) is 0 Å². The van der Waals surface area contributed by atoms with E-state index in [1.54, 1.807) is 37.8 Å². The van der Waals surface area contributed by atoms with Gasteiger partial charge in [0.15, 0.2) is 11.5 Å². The number of carboxylic acid groups (broad SMARTS) is 1. The van der Waals surface area contributed by atoms with Gasteiger partial charge in [0.05, 0.1) is 29.0 Å². The molecular formula is C31H34FN7O4. The standard InChI is InChI=1S/C31H34FN7O4/c1-31(2,3)43-30(42)38(21-6-4-5-7-21)28-23(16-33)25(35-39(28)22-12-13-36(17-22)29(40)41)11-8-19-14-26-27(15-24(19)32)37(18-34-26)20-9-10-20/h14-15,18,20-22H,4-7,9-10,12-13,17H2,1-3H3,(H,40,41)/t22-/m0/s1. The normalized spacial score (nSPS) is 18.9. The number of anilines is 1. The first kappa shape index (κ1) is 28.5. The first-order chi connectivity index (χ1) is 20.5. The van der Waals surface area contributed by atoms with Crippen LogP contribution in [-0.2, 0) is 4.74 Å². The van der Waals surface area contributed by atoms with E-state index < -0.39 is 29.6 Å². The highest BCUT2D eigenvalue weighted by Crippen LogP contribution is 2.38. The van der Waals surface area contributed by atoms with Crippen molar-refractivity contribution in [2.45, 2.75) is 89.4 Å². The Morgan fingerprint density at radius 2 is 1.86 bits per heavy atom. The Morgan fingerprint density at radius 3 is 2.49 bits per heavy atom. The third-order valence-corrected chi connectivity index (χ3v) is 8.20. The van der Waals surface area contributed by atoms with Gasteiger partial charge in [0.2, 0.25) is 0 Å². The molecule has 6 rings (SSSR count). The van der Waals surface area contributed by atoms with Gasteiger partial charge in [-0.3, -0.25) is 4.90 Å². The number of aromatic nitrogens is 4. The van der Waals surface area contributed by atoms with Crippen LogP contribution in [0.4, 0.5) is 19.8 Å². The Bertz CT molecular complexity index is 1690. The highest BCUT2D eigenvalue weighted by molar-refractivity contribution is 5.90. The molecule has 43 heavy (non-hydrogen) atoms. The summed E-state index contributed by atoms with van der Waals surface area (Å²) in [6, 6.07) is 4.91. The number of nitrogens with zero attached hydrogens (tertiary/aromatic N) is 7. The van der Waals surface area contributed by atoms with E-state index in [0.717, 1.165) is 38.5 Å². The van der Waals surface area contributed by atoms with E-state index in [1.807, 2.05) is 4.57 Å².